The molecule has 5 rings (SSSR count). The van der Waals surface area contributed by atoms with Crippen LogP contribution in [0.5, 0.6) is 0 Å². The van der Waals surface area contributed by atoms with Crippen molar-refractivity contribution < 1.29 is 14.7 Å². The Balaban J connectivity index is 1.29. The Hall–Kier alpha value is -3.65. The predicted octanol–water partition coefficient (Wildman–Crippen LogP) is 5.18. The molecule has 1 aromatic carbocycles. The Labute approximate surface area is 188 Å². The number of nitrogens with zero attached hydrogens (tertiary/aromatic N) is 3. The molecule has 0 spiro atoms. The molecule has 8 heteroatoms. The fourth-order valence-electron chi connectivity index (χ4n) is 4.17. The minimum atomic E-state index is -0.877. The molecule has 0 aliphatic heterocycles. The van der Waals surface area contributed by atoms with Gasteiger partial charge in [0.2, 0.25) is 0 Å². The summed E-state index contributed by atoms with van der Waals surface area (Å²) in [7, 11) is 0. The van der Waals surface area contributed by atoms with E-state index in [2.05, 4.69) is 20.3 Å². The highest BCUT2D eigenvalue weighted by Crippen LogP contribution is 2.35. The zero-order valence-electron chi connectivity index (χ0n) is 17.1. The molecule has 1 aliphatic carbocycles. The molecule has 3 aromatic heterocycles. The van der Waals surface area contributed by atoms with Gasteiger partial charge in [-0.25, -0.2) is 4.98 Å². The third kappa shape index (κ3) is 3.97. The largest absolute Gasteiger partial charge is 0.481 e. The van der Waals surface area contributed by atoms with Gasteiger partial charge in [-0.3, -0.25) is 14.6 Å². The first kappa shape index (κ1) is 20.3. The predicted molar refractivity (Wildman–Crippen MR) is 123 cm³/mol. The Kier molecular flexibility index (Phi) is 5.36. The summed E-state index contributed by atoms with van der Waals surface area (Å²) in [5, 5.41) is 13.4. The summed E-state index contributed by atoms with van der Waals surface area (Å²) in [5.41, 5.74) is 3.75. The topological polar surface area (TPSA) is 105 Å². The van der Waals surface area contributed by atoms with E-state index in [1.54, 1.807) is 24.5 Å². The fraction of sp³-hybridized carbons (Fsp3) is 0.208. The van der Waals surface area contributed by atoms with Crippen LogP contribution in [0.25, 0.3) is 21.6 Å². The lowest BCUT2D eigenvalue weighted by atomic mass is 9.88. The maximum atomic E-state index is 12.8. The summed E-state index contributed by atoms with van der Waals surface area (Å²) in [4.78, 5) is 37.4. The molecule has 160 valence electrons. The lowest BCUT2D eigenvalue weighted by Gasteiger charge is -2.14. The Morgan fingerprint density at radius 3 is 2.53 bits per heavy atom. The number of thiazole rings is 1. The number of aliphatic carboxylic acids is 1. The number of pyridine rings is 2. The number of rotatable bonds is 6. The minimum Gasteiger partial charge on any atom is -0.481 e. The molecular formula is C24H20N4O3S. The molecule has 32 heavy (non-hydrogen) atoms. The number of carboxylic acids is 1. The number of Topliss-reactive ketones (excluding diaryl/α,β-unsaturated/α-hetero) is 1. The van der Waals surface area contributed by atoms with Crippen molar-refractivity contribution in [3.63, 3.8) is 0 Å². The van der Waals surface area contributed by atoms with Gasteiger partial charge in [-0.05, 0) is 37.1 Å². The standard InChI is InChI=1S/C24H20N4O3S/c29-21(17-3-1-4-18(17)23(30)31)15-8-6-14(7-9-15)19-11-10-16(13-26-19)27-24-28-22-20(32-24)5-2-12-25-22/h2,5-13,17-18H,1,3-4H2,(H,30,31)(H,25,27,28). The van der Waals surface area contributed by atoms with Crippen molar-refractivity contribution >= 4 is 44.3 Å². The van der Waals surface area contributed by atoms with Gasteiger partial charge in [-0.15, -0.1) is 0 Å². The van der Waals surface area contributed by atoms with Gasteiger partial charge < -0.3 is 10.4 Å². The molecule has 1 aliphatic rings. The number of aromatic nitrogens is 3. The van der Waals surface area contributed by atoms with E-state index in [0.717, 1.165) is 33.2 Å². The van der Waals surface area contributed by atoms with E-state index in [-0.39, 0.29) is 5.78 Å². The van der Waals surface area contributed by atoms with Crippen LogP contribution in [0.2, 0.25) is 0 Å². The summed E-state index contributed by atoms with van der Waals surface area (Å²) in [6.07, 6.45) is 5.45. The first-order valence-corrected chi connectivity index (χ1v) is 11.2. The second-order valence-corrected chi connectivity index (χ2v) is 8.86. The summed E-state index contributed by atoms with van der Waals surface area (Å²) in [5.74, 6) is -1.97. The number of carbonyl (C=O) groups is 2. The fourth-order valence-corrected chi connectivity index (χ4v) is 5.02. The number of hydrogen-bond acceptors (Lipinski definition) is 7. The molecule has 1 fully saturated rings. The van der Waals surface area contributed by atoms with Gasteiger partial charge in [-0.1, -0.05) is 42.0 Å². The molecule has 3 heterocycles. The Morgan fingerprint density at radius 1 is 1.00 bits per heavy atom. The minimum absolute atomic E-state index is 0.0840. The number of benzene rings is 1. The van der Waals surface area contributed by atoms with E-state index in [1.165, 1.54) is 11.3 Å². The molecule has 2 unspecified atom stereocenters. The first-order valence-electron chi connectivity index (χ1n) is 10.4. The monoisotopic (exact) mass is 444 g/mol. The van der Waals surface area contributed by atoms with Gasteiger partial charge >= 0.3 is 5.97 Å². The molecule has 7 nitrogen and oxygen atoms in total. The normalized spacial score (nSPS) is 18.0. The number of ketones is 1. The molecule has 4 aromatic rings. The highest BCUT2D eigenvalue weighted by Gasteiger charge is 2.37. The van der Waals surface area contributed by atoms with Crippen molar-refractivity contribution in [3.8, 4) is 11.3 Å². The van der Waals surface area contributed by atoms with Crippen LogP contribution < -0.4 is 5.32 Å². The average molecular weight is 445 g/mol. The summed E-state index contributed by atoms with van der Waals surface area (Å²) >= 11 is 1.53. The van der Waals surface area contributed by atoms with Crippen LogP contribution in [0.3, 0.4) is 0 Å². The highest BCUT2D eigenvalue weighted by molar-refractivity contribution is 7.22. The van der Waals surface area contributed by atoms with Crippen molar-refractivity contribution in [3.05, 3.63) is 66.5 Å². The number of nitrogens with one attached hydrogen (secondary N) is 1. The molecule has 0 amide bonds. The molecule has 1 saturated carbocycles. The van der Waals surface area contributed by atoms with Crippen molar-refractivity contribution in [1.82, 2.24) is 15.0 Å². The van der Waals surface area contributed by atoms with E-state index in [4.69, 9.17) is 0 Å². The Morgan fingerprint density at radius 2 is 1.81 bits per heavy atom. The third-order valence-electron chi connectivity index (χ3n) is 5.81. The van der Waals surface area contributed by atoms with Crippen LogP contribution >= 0.6 is 11.3 Å². The van der Waals surface area contributed by atoms with Crippen LogP contribution in [0.15, 0.2) is 60.9 Å². The number of carboxylic acid groups (broad SMARTS) is 1. The summed E-state index contributed by atoms with van der Waals surface area (Å²) in [6, 6.07) is 14.9. The zero-order chi connectivity index (χ0) is 22.1. The third-order valence-corrected chi connectivity index (χ3v) is 6.74. The number of fused-ring (bicyclic) bond motifs is 1. The van der Waals surface area contributed by atoms with Gasteiger partial charge in [0.1, 0.15) is 0 Å². The quantitative estimate of drug-likeness (QED) is 0.395. The van der Waals surface area contributed by atoms with Crippen LogP contribution in [0, 0.1) is 11.8 Å². The summed E-state index contributed by atoms with van der Waals surface area (Å²) in [6.45, 7) is 0. The van der Waals surface area contributed by atoms with E-state index in [9.17, 15) is 14.7 Å². The molecule has 2 N–H and O–H groups in total. The molecule has 0 bridgehead atoms. The van der Waals surface area contributed by atoms with Gasteiger partial charge in [0.15, 0.2) is 16.6 Å². The second-order valence-electron chi connectivity index (χ2n) is 7.83. The van der Waals surface area contributed by atoms with E-state index >= 15 is 0 Å². The maximum Gasteiger partial charge on any atom is 0.307 e. The zero-order valence-corrected chi connectivity index (χ0v) is 17.9. The molecule has 2 atom stereocenters. The lowest BCUT2D eigenvalue weighted by Crippen LogP contribution is -2.25. The van der Waals surface area contributed by atoms with Gasteiger partial charge in [0, 0.05) is 23.2 Å². The van der Waals surface area contributed by atoms with Crippen molar-refractivity contribution in [2.75, 3.05) is 5.32 Å². The summed E-state index contributed by atoms with van der Waals surface area (Å²) < 4.78 is 1.02. The SMILES string of the molecule is O=C(O)C1CCCC1C(=O)c1ccc(-c2ccc(Nc3nc4ncccc4s3)cn2)cc1. The average Bonchev–Trinajstić information content (AvgIpc) is 3.46. The van der Waals surface area contributed by atoms with Crippen molar-refractivity contribution in [1.29, 1.82) is 0 Å². The lowest BCUT2D eigenvalue weighted by molar-refractivity contribution is -0.142. The number of anilines is 2. The Bertz CT molecular complexity index is 1250. The van der Waals surface area contributed by atoms with Crippen LogP contribution in [0.1, 0.15) is 29.6 Å². The van der Waals surface area contributed by atoms with Crippen LogP contribution in [-0.2, 0) is 4.79 Å². The van der Waals surface area contributed by atoms with Gasteiger partial charge in [0.05, 0.1) is 28.2 Å². The van der Waals surface area contributed by atoms with Gasteiger partial charge in [0.25, 0.3) is 0 Å². The second kappa shape index (κ2) is 8.47. The van der Waals surface area contributed by atoms with Crippen molar-refractivity contribution in [2.45, 2.75) is 19.3 Å². The maximum absolute atomic E-state index is 12.8. The number of hydrogen-bond donors (Lipinski definition) is 2. The molecule has 0 radical (unpaired) electrons. The highest BCUT2D eigenvalue weighted by atomic mass is 32.1. The smallest absolute Gasteiger partial charge is 0.307 e. The first-order chi connectivity index (χ1) is 15.6. The number of carbonyl (C=O) groups excluding carboxylic acids is 1. The van der Waals surface area contributed by atoms with E-state index < -0.39 is 17.8 Å². The van der Waals surface area contributed by atoms with Crippen LogP contribution in [0.4, 0.5) is 10.8 Å². The van der Waals surface area contributed by atoms with E-state index in [1.807, 2.05) is 36.4 Å². The van der Waals surface area contributed by atoms with E-state index in [0.29, 0.717) is 24.1 Å². The van der Waals surface area contributed by atoms with Gasteiger partial charge in [-0.2, -0.15) is 4.98 Å². The van der Waals surface area contributed by atoms with Crippen molar-refractivity contribution in [2.24, 2.45) is 11.8 Å². The molecule has 0 saturated heterocycles. The molecular weight excluding hydrogens is 424 g/mol. The van der Waals surface area contributed by atoms with Crippen LogP contribution in [-0.4, -0.2) is 31.8 Å².